The summed E-state index contributed by atoms with van der Waals surface area (Å²) >= 11 is 3.54. The van der Waals surface area contributed by atoms with E-state index in [4.69, 9.17) is 14.2 Å². The summed E-state index contributed by atoms with van der Waals surface area (Å²) in [4.78, 5) is 0. The number of ether oxygens (including phenoxy) is 3. The number of halogens is 1. The van der Waals surface area contributed by atoms with Gasteiger partial charge in [-0.15, -0.1) is 0 Å². The molecule has 120 valence electrons. The van der Waals surface area contributed by atoms with E-state index in [1.54, 1.807) is 7.11 Å². The molecule has 1 aromatic carbocycles. The van der Waals surface area contributed by atoms with Crippen LogP contribution >= 0.6 is 15.9 Å². The van der Waals surface area contributed by atoms with Gasteiger partial charge in [0.15, 0.2) is 11.5 Å². The molecular weight excluding hydrogens is 334 g/mol. The van der Waals surface area contributed by atoms with E-state index in [1.807, 2.05) is 19.2 Å². The summed E-state index contributed by atoms with van der Waals surface area (Å²) < 4.78 is 17.6. The number of methoxy groups -OCH3 is 1. The molecule has 0 fully saturated rings. The molecule has 0 heterocycles. The largest absolute Gasteiger partial charge is 0.493 e. The Kier molecular flexibility index (Phi) is 8.73. The van der Waals surface area contributed by atoms with Gasteiger partial charge in [0.2, 0.25) is 0 Å². The Morgan fingerprint density at radius 3 is 2.57 bits per heavy atom. The monoisotopic (exact) mass is 359 g/mol. The van der Waals surface area contributed by atoms with Crippen LogP contribution in [0.1, 0.15) is 25.8 Å². The zero-order valence-electron chi connectivity index (χ0n) is 13.4. The third-order valence-corrected chi connectivity index (χ3v) is 3.57. The Labute approximate surface area is 136 Å². The first-order valence-corrected chi connectivity index (χ1v) is 8.09. The molecule has 0 amide bonds. The van der Waals surface area contributed by atoms with Crippen LogP contribution in [0, 0.1) is 5.92 Å². The summed E-state index contributed by atoms with van der Waals surface area (Å²) in [5.41, 5.74) is 1.14. The second-order valence-corrected chi connectivity index (χ2v) is 6.14. The molecule has 0 aliphatic carbocycles. The van der Waals surface area contributed by atoms with Crippen molar-refractivity contribution in [2.75, 3.05) is 34.0 Å². The maximum absolute atomic E-state index is 5.78. The van der Waals surface area contributed by atoms with E-state index < -0.39 is 0 Å². The lowest BCUT2D eigenvalue weighted by Crippen LogP contribution is -2.10. The van der Waals surface area contributed by atoms with Crippen molar-refractivity contribution in [1.82, 2.24) is 5.32 Å². The van der Waals surface area contributed by atoms with Gasteiger partial charge >= 0.3 is 0 Å². The predicted octanol–water partition coefficient (Wildman–Crippen LogP) is 3.62. The zero-order valence-corrected chi connectivity index (χ0v) is 15.0. The summed E-state index contributed by atoms with van der Waals surface area (Å²) in [6.07, 6.45) is 1.08. The van der Waals surface area contributed by atoms with Gasteiger partial charge < -0.3 is 19.5 Å². The SMILES string of the molecule is CNCc1cc(Br)c(OCCOCCC(C)C)c(OC)c1. The van der Waals surface area contributed by atoms with Crippen LogP contribution in [0.5, 0.6) is 11.5 Å². The highest BCUT2D eigenvalue weighted by Crippen LogP contribution is 2.36. The molecule has 0 aromatic heterocycles. The molecule has 1 rings (SSSR count). The van der Waals surface area contributed by atoms with Gasteiger partial charge in [0.1, 0.15) is 6.61 Å². The van der Waals surface area contributed by atoms with E-state index in [2.05, 4.69) is 35.1 Å². The van der Waals surface area contributed by atoms with Gasteiger partial charge in [-0.3, -0.25) is 0 Å². The van der Waals surface area contributed by atoms with Gasteiger partial charge in [0, 0.05) is 13.2 Å². The first-order chi connectivity index (χ1) is 10.1. The third-order valence-electron chi connectivity index (χ3n) is 2.98. The molecule has 0 aliphatic rings. The molecule has 0 bridgehead atoms. The molecule has 0 saturated carbocycles. The number of hydrogen-bond acceptors (Lipinski definition) is 4. The molecule has 0 saturated heterocycles. The highest BCUT2D eigenvalue weighted by atomic mass is 79.9. The number of nitrogens with one attached hydrogen (secondary N) is 1. The van der Waals surface area contributed by atoms with Crippen LogP contribution in [0.15, 0.2) is 16.6 Å². The van der Waals surface area contributed by atoms with Crippen molar-refractivity contribution in [2.24, 2.45) is 5.92 Å². The Balaban J connectivity index is 2.50. The molecule has 0 spiro atoms. The van der Waals surface area contributed by atoms with Crippen LogP contribution in [0.25, 0.3) is 0 Å². The van der Waals surface area contributed by atoms with Gasteiger partial charge in [-0.1, -0.05) is 13.8 Å². The standard InChI is InChI=1S/C16H26BrNO3/c1-12(2)5-6-20-7-8-21-16-14(17)9-13(11-18-3)10-15(16)19-4/h9-10,12,18H,5-8,11H2,1-4H3. The summed E-state index contributed by atoms with van der Waals surface area (Å²) in [5.74, 6) is 2.13. The molecular formula is C16H26BrNO3. The van der Waals surface area contributed by atoms with Crippen molar-refractivity contribution < 1.29 is 14.2 Å². The third kappa shape index (κ3) is 6.68. The summed E-state index contributed by atoms with van der Waals surface area (Å²) in [7, 11) is 3.57. The van der Waals surface area contributed by atoms with Crippen molar-refractivity contribution in [3.8, 4) is 11.5 Å². The smallest absolute Gasteiger partial charge is 0.175 e. The fraction of sp³-hybridized carbons (Fsp3) is 0.625. The average Bonchev–Trinajstić information content (AvgIpc) is 2.44. The van der Waals surface area contributed by atoms with Crippen molar-refractivity contribution in [1.29, 1.82) is 0 Å². The van der Waals surface area contributed by atoms with E-state index >= 15 is 0 Å². The Hall–Kier alpha value is -0.780. The fourth-order valence-corrected chi connectivity index (χ4v) is 2.45. The molecule has 1 aromatic rings. The first-order valence-electron chi connectivity index (χ1n) is 7.30. The maximum atomic E-state index is 5.78. The van der Waals surface area contributed by atoms with E-state index in [0.717, 1.165) is 41.1 Å². The van der Waals surface area contributed by atoms with Gasteiger partial charge in [-0.2, -0.15) is 0 Å². The van der Waals surface area contributed by atoms with Crippen LogP contribution in [0.3, 0.4) is 0 Å². The summed E-state index contributed by atoms with van der Waals surface area (Å²) in [6.45, 7) is 7.04. The second kappa shape index (κ2) is 10.0. The van der Waals surface area contributed by atoms with Gasteiger partial charge in [0.25, 0.3) is 0 Å². The number of hydrogen-bond donors (Lipinski definition) is 1. The van der Waals surface area contributed by atoms with E-state index in [9.17, 15) is 0 Å². The minimum Gasteiger partial charge on any atom is -0.493 e. The highest BCUT2D eigenvalue weighted by Gasteiger charge is 2.11. The van der Waals surface area contributed by atoms with Crippen LogP contribution < -0.4 is 14.8 Å². The van der Waals surface area contributed by atoms with Gasteiger partial charge in [-0.05, 0) is 53.0 Å². The normalized spacial score (nSPS) is 11.0. The highest BCUT2D eigenvalue weighted by molar-refractivity contribution is 9.10. The molecule has 0 unspecified atom stereocenters. The second-order valence-electron chi connectivity index (χ2n) is 5.28. The molecule has 0 atom stereocenters. The lowest BCUT2D eigenvalue weighted by atomic mass is 10.1. The molecule has 4 nitrogen and oxygen atoms in total. The Morgan fingerprint density at radius 2 is 1.95 bits per heavy atom. The molecule has 0 radical (unpaired) electrons. The topological polar surface area (TPSA) is 39.7 Å². The number of rotatable bonds is 10. The van der Waals surface area contributed by atoms with Crippen molar-refractivity contribution >= 4 is 15.9 Å². The predicted molar refractivity (Wildman–Crippen MR) is 89.2 cm³/mol. The zero-order chi connectivity index (χ0) is 15.7. The van der Waals surface area contributed by atoms with Crippen molar-refractivity contribution in [2.45, 2.75) is 26.8 Å². The Bertz CT molecular complexity index is 424. The van der Waals surface area contributed by atoms with Gasteiger partial charge in [-0.25, -0.2) is 0 Å². The Morgan fingerprint density at radius 1 is 1.19 bits per heavy atom. The average molecular weight is 360 g/mol. The maximum Gasteiger partial charge on any atom is 0.175 e. The lowest BCUT2D eigenvalue weighted by molar-refractivity contribution is 0.0914. The first kappa shape index (κ1) is 18.3. The minimum absolute atomic E-state index is 0.512. The minimum atomic E-state index is 0.512. The van der Waals surface area contributed by atoms with Gasteiger partial charge in [0.05, 0.1) is 18.2 Å². The quantitative estimate of drug-likeness (QED) is 0.647. The van der Waals surface area contributed by atoms with Crippen LogP contribution in [-0.2, 0) is 11.3 Å². The molecule has 0 aliphatic heterocycles. The fourth-order valence-electron chi connectivity index (χ4n) is 1.84. The van der Waals surface area contributed by atoms with Crippen LogP contribution in [-0.4, -0.2) is 34.0 Å². The molecule has 21 heavy (non-hydrogen) atoms. The number of benzene rings is 1. The van der Waals surface area contributed by atoms with E-state index in [0.29, 0.717) is 19.1 Å². The lowest BCUT2D eigenvalue weighted by Gasteiger charge is -2.14. The van der Waals surface area contributed by atoms with Crippen molar-refractivity contribution in [3.05, 3.63) is 22.2 Å². The molecule has 5 heteroatoms. The van der Waals surface area contributed by atoms with Crippen LogP contribution in [0.4, 0.5) is 0 Å². The van der Waals surface area contributed by atoms with Crippen LogP contribution in [0.2, 0.25) is 0 Å². The molecule has 1 N–H and O–H groups in total. The van der Waals surface area contributed by atoms with Crippen molar-refractivity contribution in [3.63, 3.8) is 0 Å². The van der Waals surface area contributed by atoms with E-state index in [-0.39, 0.29) is 0 Å². The summed E-state index contributed by atoms with van der Waals surface area (Å²) in [6, 6.07) is 4.02. The van der Waals surface area contributed by atoms with E-state index in [1.165, 1.54) is 0 Å². The summed E-state index contributed by atoms with van der Waals surface area (Å²) in [5, 5.41) is 3.12.